The van der Waals surface area contributed by atoms with Gasteiger partial charge in [0.2, 0.25) is 0 Å². The van der Waals surface area contributed by atoms with E-state index < -0.39 is 30.0 Å². The number of rotatable bonds is 3. The Bertz CT molecular complexity index is 698. The molecule has 120 valence electrons. The van der Waals surface area contributed by atoms with E-state index in [0.29, 0.717) is 5.56 Å². The highest BCUT2D eigenvalue weighted by molar-refractivity contribution is 5.94. The Hall–Kier alpha value is -2.38. The van der Waals surface area contributed by atoms with Crippen LogP contribution in [0, 0.1) is 5.82 Å². The third-order valence-electron chi connectivity index (χ3n) is 4.08. The van der Waals surface area contributed by atoms with Crippen LogP contribution in [0.5, 0.6) is 0 Å². The van der Waals surface area contributed by atoms with Gasteiger partial charge in [0.05, 0.1) is 12.1 Å². The Morgan fingerprint density at radius 2 is 2.00 bits per heavy atom. The first kappa shape index (κ1) is 15.5. The van der Waals surface area contributed by atoms with Gasteiger partial charge < -0.3 is 15.5 Å². The lowest BCUT2D eigenvalue weighted by molar-refractivity contribution is 0.0294. The lowest BCUT2D eigenvalue weighted by atomic mass is 9.95. The average molecular weight is 317 g/mol. The summed E-state index contributed by atoms with van der Waals surface area (Å²) in [6, 6.07) is 4.58. The third-order valence-corrected chi connectivity index (χ3v) is 4.08. The molecule has 1 aliphatic rings. The van der Waals surface area contributed by atoms with Crippen LogP contribution in [0.15, 0.2) is 43.0 Å². The molecular weight excluding hydrogens is 301 g/mol. The van der Waals surface area contributed by atoms with Gasteiger partial charge in [-0.25, -0.2) is 14.4 Å². The SMILES string of the molecule is O=C(N[C@H]1[C@H](O)[C@H](O)C[C@@H]1c1cncnc1)c1cccc(F)c1. The minimum absolute atomic E-state index is 0.154. The number of nitrogens with zero attached hydrogens (tertiary/aromatic N) is 2. The van der Waals surface area contributed by atoms with Crippen molar-refractivity contribution < 1.29 is 19.4 Å². The fraction of sp³-hybridized carbons (Fsp3) is 0.312. The standard InChI is InChI=1S/C16H16FN3O3/c17-11-3-1-2-9(4-11)16(23)20-14-12(5-13(21)15(14)22)10-6-18-8-19-7-10/h1-4,6-8,12-15,21-22H,5H2,(H,20,23)/t12-,13-,14-,15-/m1/s1. The summed E-state index contributed by atoms with van der Waals surface area (Å²) < 4.78 is 13.2. The van der Waals surface area contributed by atoms with Gasteiger partial charge in [-0.05, 0) is 30.2 Å². The highest BCUT2D eigenvalue weighted by atomic mass is 19.1. The number of halogens is 1. The van der Waals surface area contributed by atoms with E-state index in [2.05, 4.69) is 15.3 Å². The van der Waals surface area contributed by atoms with Gasteiger partial charge in [-0.2, -0.15) is 0 Å². The largest absolute Gasteiger partial charge is 0.390 e. The first-order chi connectivity index (χ1) is 11.1. The fourth-order valence-corrected chi connectivity index (χ4v) is 2.92. The van der Waals surface area contributed by atoms with Gasteiger partial charge in [0.1, 0.15) is 18.2 Å². The van der Waals surface area contributed by atoms with Crippen molar-refractivity contribution in [1.82, 2.24) is 15.3 Å². The third kappa shape index (κ3) is 3.20. The van der Waals surface area contributed by atoms with Crippen LogP contribution < -0.4 is 5.32 Å². The van der Waals surface area contributed by atoms with Gasteiger partial charge in [0, 0.05) is 23.9 Å². The summed E-state index contributed by atoms with van der Waals surface area (Å²) in [5.74, 6) is -1.35. The maximum Gasteiger partial charge on any atom is 0.251 e. The number of benzene rings is 1. The van der Waals surface area contributed by atoms with Crippen LogP contribution in [0.25, 0.3) is 0 Å². The van der Waals surface area contributed by atoms with E-state index in [4.69, 9.17) is 0 Å². The molecule has 0 bridgehead atoms. The number of carbonyl (C=O) groups is 1. The van der Waals surface area contributed by atoms with E-state index in [-0.39, 0.29) is 17.9 Å². The minimum atomic E-state index is -1.11. The van der Waals surface area contributed by atoms with Gasteiger partial charge in [0.25, 0.3) is 5.91 Å². The zero-order valence-corrected chi connectivity index (χ0v) is 12.1. The number of aliphatic hydroxyl groups excluding tert-OH is 2. The van der Waals surface area contributed by atoms with Crippen LogP contribution in [0.2, 0.25) is 0 Å². The molecule has 0 radical (unpaired) electrons. The molecule has 0 spiro atoms. The summed E-state index contributed by atoms with van der Waals surface area (Å²) in [7, 11) is 0. The molecule has 0 aliphatic heterocycles. The molecule has 4 atom stereocenters. The molecule has 1 aromatic heterocycles. The van der Waals surface area contributed by atoms with Crippen LogP contribution in [0.3, 0.4) is 0 Å². The van der Waals surface area contributed by atoms with Crippen molar-refractivity contribution in [2.24, 2.45) is 0 Å². The molecule has 1 heterocycles. The molecule has 1 saturated carbocycles. The monoisotopic (exact) mass is 317 g/mol. The molecule has 0 unspecified atom stereocenters. The van der Waals surface area contributed by atoms with Gasteiger partial charge in [-0.1, -0.05) is 6.07 Å². The number of hydrogen-bond donors (Lipinski definition) is 3. The molecule has 1 fully saturated rings. The Morgan fingerprint density at radius 1 is 1.26 bits per heavy atom. The van der Waals surface area contributed by atoms with Crippen molar-refractivity contribution in [3.05, 3.63) is 59.9 Å². The smallest absolute Gasteiger partial charge is 0.251 e. The summed E-state index contributed by atoms with van der Waals surface area (Å²) in [6.07, 6.45) is 2.76. The number of carbonyl (C=O) groups excluding carboxylic acids is 1. The Morgan fingerprint density at radius 3 is 2.70 bits per heavy atom. The highest BCUT2D eigenvalue weighted by Gasteiger charge is 2.43. The van der Waals surface area contributed by atoms with Crippen LogP contribution in [-0.2, 0) is 0 Å². The zero-order valence-electron chi connectivity index (χ0n) is 12.1. The van der Waals surface area contributed by atoms with Gasteiger partial charge in [-0.3, -0.25) is 4.79 Å². The van der Waals surface area contributed by atoms with Crippen molar-refractivity contribution in [3.8, 4) is 0 Å². The first-order valence-electron chi connectivity index (χ1n) is 7.23. The molecule has 3 N–H and O–H groups in total. The molecule has 23 heavy (non-hydrogen) atoms. The van der Waals surface area contributed by atoms with E-state index in [1.54, 1.807) is 12.4 Å². The highest BCUT2D eigenvalue weighted by Crippen LogP contribution is 2.34. The summed E-state index contributed by atoms with van der Waals surface area (Å²) >= 11 is 0. The van der Waals surface area contributed by atoms with Gasteiger partial charge in [-0.15, -0.1) is 0 Å². The Labute approximate surface area is 132 Å². The number of hydrogen-bond acceptors (Lipinski definition) is 5. The maximum absolute atomic E-state index is 13.2. The second-order valence-corrected chi connectivity index (χ2v) is 5.58. The van der Waals surface area contributed by atoms with Crippen molar-refractivity contribution >= 4 is 5.91 Å². The average Bonchev–Trinajstić information content (AvgIpc) is 2.84. The number of amides is 1. The topological polar surface area (TPSA) is 95.3 Å². The van der Waals surface area contributed by atoms with Gasteiger partial charge in [0.15, 0.2) is 0 Å². The van der Waals surface area contributed by atoms with Crippen molar-refractivity contribution in [2.75, 3.05) is 0 Å². The first-order valence-corrected chi connectivity index (χ1v) is 7.23. The molecule has 0 saturated heterocycles. The van der Waals surface area contributed by atoms with E-state index in [9.17, 15) is 19.4 Å². The molecule has 7 heteroatoms. The predicted molar refractivity (Wildman–Crippen MR) is 79.1 cm³/mol. The normalized spacial score (nSPS) is 26.9. The summed E-state index contributed by atoms with van der Waals surface area (Å²) in [5, 5.41) is 22.8. The molecule has 6 nitrogen and oxygen atoms in total. The van der Waals surface area contributed by atoms with E-state index in [1.165, 1.54) is 24.5 Å². The summed E-state index contributed by atoms with van der Waals surface area (Å²) in [6.45, 7) is 0. The van der Waals surface area contributed by atoms with E-state index in [1.807, 2.05) is 0 Å². The second-order valence-electron chi connectivity index (χ2n) is 5.58. The number of nitrogens with one attached hydrogen (secondary N) is 1. The second kappa shape index (κ2) is 6.39. The minimum Gasteiger partial charge on any atom is -0.390 e. The lowest BCUT2D eigenvalue weighted by Gasteiger charge is -2.23. The van der Waals surface area contributed by atoms with Crippen molar-refractivity contribution in [3.63, 3.8) is 0 Å². The maximum atomic E-state index is 13.2. The van der Waals surface area contributed by atoms with E-state index >= 15 is 0 Å². The van der Waals surface area contributed by atoms with Crippen LogP contribution in [0.4, 0.5) is 4.39 Å². The van der Waals surface area contributed by atoms with E-state index in [0.717, 1.165) is 6.07 Å². The lowest BCUT2D eigenvalue weighted by Crippen LogP contribution is -2.45. The summed E-state index contributed by atoms with van der Waals surface area (Å²) in [5.41, 5.74) is 0.870. The quantitative estimate of drug-likeness (QED) is 0.771. The molecule has 2 aromatic rings. The Kier molecular flexibility index (Phi) is 4.31. The number of aliphatic hydroxyl groups is 2. The summed E-state index contributed by atoms with van der Waals surface area (Å²) in [4.78, 5) is 20.1. The fourth-order valence-electron chi connectivity index (χ4n) is 2.92. The van der Waals surface area contributed by atoms with Crippen molar-refractivity contribution in [1.29, 1.82) is 0 Å². The Balaban J connectivity index is 1.82. The van der Waals surface area contributed by atoms with Crippen molar-refractivity contribution in [2.45, 2.75) is 30.6 Å². The molecular formula is C16H16FN3O3. The van der Waals surface area contributed by atoms with Crippen LogP contribution in [0.1, 0.15) is 28.3 Å². The number of aromatic nitrogens is 2. The molecule has 1 aromatic carbocycles. The predicted octanol–water partition coefficient (Wildman–Crippen LogP) is 0.623. The van der Waals surface area contributed by atoms with Crippen LogP contribution in [-0.4, -0.2) is 44.3 Å². The molecule has 1 amide bonds. The van der Waals surface area contributed by atoms with Crippen LogP contribution >= 0.6 is 0 Å². The molecule has 1 aliphatic carbocycles. The van der Waals surface area contributed by atoms with Gasteiger partial charge >= 0.3 is 0 Å². The zero-order chi connectivity index (χ0) is 16.4. The molecule has 3 rings (SSSR count).